The van der Waals surface area contributed by atoms with Crippen molar-refractivity contribution in [2.75, 3.05) is 5.32 Å². The van der Waals surface area contributed by atoms with Gasteiger partial charge in [-0.15, -0.1) is 0 Å². The standard InChI is InChI=1S/C17H24N2O2/c1-12-5-3-4-6-16(12)19-17(21)11-14-7-9-15(10-8-14)18-13(2)20/h7-10,12,16H,3-6,11H2,1-2H3,(H,18,20)(H,19,21). The molecule has 0 heterocycles. The highest BCUT2D eigenvalue weighted by Gasteiger charge is 2.22. The Bertz CT molecular complexity index is 496. The largest absolute Gasteiger partial charge is 0.353 e. The molecule has 0 saturated heterocycles. The van der Waals surface area contributed by atoms with Crippen LogP contribution < -0.4 is 10.6 Å². The molecule has 114 valence electrons. The second-order valence-corrected chi connectivity index (χ2v) is 5.99. The third-order valence-electron chi connectivity index (χ3n) is 4.10. The molecule has 0 aromatic heterocycles. The normalized spacial score (nSPS) is 21.6. The molecule has 1 aromatic carbocycles. The minimum absolute atomic E-state index is 0.0843. The fourth-order valence-corrected chi connectivity index (χ4v) is 2.88. The van der Waals surface area contributed by atoms with E-state index in [9.17, 15) is 9.59 Å². The lowest BCUT2D eigenvalue weighted by Gasteiger charge is -2.29. The summed E-state index contributed by atoms with van der Waals surface area (Å²) in [5, 5.41) is 5.87. The zero-order chi connectivity index (χ0) is 15.2. The molecule has 0 bridgehead atoms. The summed E-state index contributed by atoms with van der Waals surface area (Å²) >= 11 is 0. The van der Waals surface area contributed by atoms with Gasteiger partial charge in [0.2, 0.25) is 11.8 Å². The number of carbonyl (C=O) groups is 2. The Kier molecular flexibility index (Phi) is 5.37. The smallest absolute Gasteiger partial charge is 0.224 e. The van der Waals surface area contributed by atoms with Gasteiger partial charge >= 0.3 is 0 Å². The molecule has 1 fully saturated rings. The number of amides is 2. The van der Waals surface area contributed by atoms with Crippen LogP contribution in [0.25, 0.3) is 0 Å². The van der Waals surface area contributed by atoms with E-state index in [1.165, 1.54) is 26.2 Å². The van der Waals surface area contributed by atoms with Gasteiger partial charge in [-0.1, -0.05) is 31.9 Å². The van der Waals surface area contributed by atoms with Crippen LogP contribution in [0.4, 0.5) is 5.69 Å². The Morgan fingerprint density at radius 2 is 1.81 bits per heavy atom. The Labute approximate surface area is 126 Å². The Balaban J connectivity index is 1.85. The predicted octanol–water partition coefficient (Wildman–Crippen LogP) is 2.88. The summed E-state index contributed by atoms with van der Waals surface area (Å²) in [4.78, 5) is 23.1. The van der Waals surface area contributed by atoms with Crippen LogP contribution in [-0.2, 0) is 16.0 Å². The molecule has 0 aliphatic heterocycles. The van der Waals surface area contributed by atoms with Gasteiger partial charge in [0.15, 0.2) is 0 Å². The maximum Gasteiger partial charge on any atom is 0.224 e. The van der Waals surface area contributed by atoms with E-state index in [4.69, 9.17) is 0 Å². The highest BCUT2D eigenvalue weighted by atomic mass is 16.2. The van der Waals surface area contributed by atoms with Crippen molar-refractivity contribution in [3.8, 4) is 0 Å². The van der Waals surface area contributed by atoms with E-state index >= 15 is 0 Å². The lowest BCUT2D eigenvalue weighted by Crippen LogP contribution is -2.41. The van der Waals surface area contributed by atoms with Crippen molar-refractivity contribution in [3.05, 3.63) is 29.8 Å². The van der Waals surface area contributed by atoms with E-state index in [0.717, 1.165) is 17.7 Å². The molecular formula is C17H24N2O2. The van der Waals surface area contributed by atoms with E-state index in [2.05, 4.69) is 17.6 Å². The predicted molar refractivity (Wildman–Crippen MR) is 84.0 cm³/mol. The molecule has 1 saturated carbocycles. The first-order valence-electron chi connectivity index (χ1n) is 7.70. The molecule has 1 aliphatic carbocycles. The number of hydrogen-bond acceptors (Lipinski definition) is 2. The summed E-state index contributed by atoms with van der Waals surface area (Å²) in [6, 6.07) is 7.75. The van der Waals surface area contributed by atoms with E-state index in [-0.39, 0.29) is 11.8 Å². The summed E-state index contributed by atoms with van der Waals surface area (Å²) < 4.78 is 0. The third kappa shape index (κ3) is 4.88. The van der Waals surface area contributed by atoms with Gasteiger partial charge in [0.1, 0.15) is 0 Å². The van der Waals surface area contributed by atoms with Crippen LogP contribution in [0.2, 0.25) is 0 Å². The van der Waals surface area contributed by atoms with Gasteiger partial charge in [0, 0.05) is 18.7 Å². The van der Waals surface area contributed by atoms with E-state index in [0.29, 0.717) is 18.4 Å². The Morgan fingerprint density at radius 3 is 2.43 bits per heavy atom. The number of nitrogens with one attached hydrogen (secondary N) is 2. The van der Waals surface area contributed by atoms with Crippen LogP contribution in [0.15, 0.2) is 24.3 Å². The fraction of sp³-hybridized carbons (Fsp3) is 0.529. The van der Waals surface area contributed by atoms with E-state index in [1.807, 2.05) is 24.3 Å². The van der Waals surface area contributed by atoms with Crippen molar-refractivity contribution in [2.45, 2.75) is 52.0 Å². The second kappa shape index (κ2) is 7.25. The number of rotatable bonds is 4. The summed E-state index contributed by atoms with van der Waals surface area (Å²) in [6.07, 6.45) is 5.17. The first kappa shape index (κ1) is 15.5. The van der Waals surface area contributed by atoms with Crippen molar-refractivity contribution in [1.82, 2.24) is 5.32 Å². The lowest BCUT2D eigenvalue weighted by atomic mass is 9.86. The topological polar surface area (TPSA) is 58.2 Å². The van der Waals surface area contributed by atoms with E-state index < -0.39 is 0 Å². The zero-order valence-electron chi connectivity index (χ0n) is 12.8. The Hall–Kier alpha value is -1.84. The minimum Gasteiger partial charge on any atom is -0.353 e. The van der Waals surface area contributed by atoms with Gasteiger partial charge in [0.05, 0.1) is 6.42 Å². The van der Waals surface area contributed by atoms with Crippen LogP contribution >= 0.6 is 0 Å². The van der Waals surface area contributed by atoms with Crippen LogP contribution in [0, 0.1) is 5.92 Å². The fourth-order valence-electron chi connectivity index (χ4n) is 2.88. The third-order valence-corrected chi connectivity index (χ3v) is 4.10. The molecule has 2 N–H and O–H groups in total. The van der Waals surface area contributed by atoms with Gasteiger partial charge in [0.25, 0.3) is 0 Å². The van der Waals surface area contributed by atoms with Crippen molar-refractivity contribution in [3.63, 3.8) is 0 Å². The van der Waals surface area contributed by atoms with E-state index in [1.54, 1.807) is 0 Å². The molecule has 0 radical (unpaired) electrons. The minimum atomic E-state index is -0.0909. The number of carbonyl (C=O) groups excluding carboxylic acids is 2. The molecular weight excluding hydrogens is 264 g/mol. The summed E-state index contributed by atoms with van der Waals surface area (Å²) in [7, 11) is 0. The molecule has 2 atom stereocenters. The number of benzene rings is 1. The second-order valence-electron chi connectivity index (χ2n) is 5.99. The molecule has 4 heteroatoms. The molecule has 2 rings (SSSR count). The van der Waals surface area contributed by atoms with Crippen LogP contribution in [-0.4, -0.2) is 17.9 Å². The SMILES string of the molecule is CC(=O)Nc1ccc(CC(=O)NC2CCCCC2C)cc1. The van der Waals surface area contributed by atoms with Crippen molar-refractivity contribution >= 4 is 17.5 Å². The molecule has 2 unspecified atom stereocenters. The summed E-state index contributed by atoms with van der Waals surface area (Å²) in [5.41, 5.74) is 1.72. The monoisotopic (exact) mass is 288 g/mol. The van der Waals surface area contributed by atoms with Crippen LogP contribution in [0.5, 0.6) is 0 Å². The molecule has 1 aromatic rings. The van der Waals surface area contributed by atoms with Crippen molar-refractivity contribution < 1.29 is 9.59 Å². The van der Waals surface area contributed by atoms with Gasteiger partial charge in [-0.2, -0.15) is 0 Å². The highest BCUT2D eigenvalue weighted by Crippen LogP contribution is 2.23. The van der Waals surface area contributed by atoms with Crippen molar-refractivity contribution in [2.24, 2.45) is 5.92 Å². The maximum absolute atomic E-state index is 12.1. The summed E-state index contributed by atoms with van der Waals surface area (Å²) in [5.74, 6) is 0.567. The molecule has 4 nitrogen and oxygen atoms in total. The quantitative estimate of drug-likeness (QED) is 0.895. The van der Waals surface area contributed by atoms with Gasteiger partial charge in [-0.05, 0) is 36.5 Å². The number of hydrogen-bond donors (Lipinski definition) is 2. The average molecular weight is 288 g/mol. The maximum atomic E-state index is 12.1. The summed E-state index contributed by atoms with van der Waals surface area (Å²) in [6.45, 7) is 3.69. The Morgan fingerprint density at radius 1 is 1.14 bits per heavy atom. The molecule has 1 aliphatic rings. The van der Waals surface area contributed by atoms with Crippen molar-refractivity contribution in [1.29, 1.82) is 0 Å². The molecule has 21 heavy (non-hydrogen) atoms. The first-order valence-corrected chi connectivity index (χ1v) is 7.70. The zero-order valence-corrected chi connectivity index (χ0v) is 12.8. The highest BCUT2D eigenvalue weighted by molar-refractivity contribution is 5.88. The van der Waals surface area contributed by atoms with Crippen LogP contribution in [0.3, 0.4) is 0 Å². The van der Waals surface area contributed by atoms with Gasteiger partial charge < -0.3 is 10.6 Å². The lowest BCUT2D eigenvalue weighted by molar-refractivity contribution is -0.121. The first-order chi connectivity index (χ1) is 10.0. The molecule has 0 spiro atoms. The molecule has 2 amide bonds. The van der Waals surface area contributed by atoms with Gasteiger partial charge in [-0.25, -0.2) is 0 Å². The van der Waals surface area contributed by atoms with Crippen LogP contribution in [0.1, 0.15) is 45.1 Å². The average Bonchev–Trinajstić information content (AvgIpc) is 2.43. The van der Waals surface area contributed by atoms with Gasteiger partial charge in [-0.3, -0.25) is 9.59 Å². The number of anilines is 1.